The van der Waals surface area contributed by atoms with E-state index in [0.29, 0.717) is 43.3 Å². The molecule has 4 aromatic carbocycles. The molecule has 1 aromatic heterocycles. The van der Waals surface area contributed by atoms with Crippen molar-refractivity contribution in [1.29, 1.82) is 0 Å². The summed E-state index contributed by atoms with van der Waals surface area (Å²) < 4.78 is 44.3. The highest BCUT2D eigenvalue weighted by molar-refractivity contribution is 7.90. The molecule has 10 nitrogen and oxygen atoms in total. The molecule has 1 fully saturated rings. The highest BCUT2D eigenvalue weighted by atomic mass is 32.2. The quantitative estimate of drug-likeness (QED) is 0.205. The number of anilines is 3. The Labute approximate surface area is 271 Å². The zero-order valence-electron chi connectivity index (χ0n) is 25.8. The lowest BCUT2D eigenvalue weighted by atomic mass is 10.0. The number of urea groups is 1. The smallest absolute Gasteiger partial charge is 0.323 e. The van der Waals surface area contributed by atoms with Gasteiger partial charge in [0.05, 0.1) is 23.6 Å². The summed E-state index contributed by atoms with van der Waals surface area (Å²) in [5, 5.41) is 6.20. The number of Topliss-reactive ketones (excluding diaryl/α,β-unsaturated/α-hetero) is 1. The Bertz CT molecular complexity index is 2100. The molecular formula is C35H32FN5O5S. The number of halogens is 1. The molecule has 0 spiro atoms. The predicted octanol–water partition coefficient (Wildman–Crippen LogP) is 6.12. The summed E-state index contributed by atoms with van der Waals surface area (Å²) >= 11 is 0. The summed E-state index contributed by atoms with van der Waals surface area (Å²) in [6, 6.07) is 23.3. The number of nitrogens with one attached hydrogen (secondary N) is 2. The van der Waals surface area contributed by atoms with Crippen molar-refractivity contribution in [2.45, 2.75) is 18.2 Å². The third-order valence-electron chi connectivity index (χ3n) is 7.73. The minimum absolute atomic E-state index is 0.0140. The van der Waals surface area contributed by atoms with E-state index < -0.39 is 21.7 Å². The number of carbonyl (C=O) groups excluding carboxylic acids is 2. The number of rotatable bonds is 8. The van der Waals surface area contributed by atoms with Crippen LogP contribution in [0.5, 0.6) is 0 Å². The first kappa shape index (κ1) is 31.8. The fraction of sp³-hybridized carbons (Fsp3) is 0.200. The average Bonchev–Trinajstić information content (AvgIpc) is 3.05. The molecule has 2 N–H and O–H groups in total. The SMILES string of the molecule is CC(=O)Cc1ccc(NC(=O)Nc2ccc(-c3nc(N4CCOCC4)c4ccc(-c5cccc(S(C)(=O)=O)c5)cc4n3)cc2)cc1F. The second-order valence-corrected chi connectivity index (χ2v) is 13.4. The van der Waals surface area contributed by atoms with Crippen LogP contribution in [0.4, 0.5) is 26.4 Å². The molecule has 47 heavy (non-hydrogen) atoms. The van der Waals surface area contributed by atoms with E-state index in [4.69, 9.17) is 14.7 Å². The van der Waals surface area contributed by atoms with Crippen molar-refractivity contribution in [3.63, 3.8) is 0 Å². The van der Waals surface area contributed by atoms with E-state index in [2.05, 4.69) is 15.5 Å². The molecule has 0 radical (unpaired) electrons. The second kappa shape index (κ2) is 13.3. The number of ether oxygens (including phenoxy) is 1. The summed E-state index contributed by atoms with van der Waals surface area (Å²) in [4.78, 5) is 36.2. The summed E-state index contributed by atoms with van der Waals surface area (Å²) in [5.74, 6) is 0.536. The van der Waals surface area contributed by atoms with Crippen LogP contribution in [-0.2, 0) is 25.8 Å². The van der Waals surface area contributed by atoms with Gasteiger partial charge in [-0.1, -0.05) is 24.3 Å². The maximum absolute atomic E-state index is 14.3. The highest BCUT2D eigenvalue weighted by Gasteiger charge is 2.19. The first-order valence-electron chi connectivity index (χ1n) is 14.9. The maximum atomic E-state index is 14.3. The molecule has 0 atom stereocenters. The van der Waals surface area contributed by atoms with E-state index in [0.717, 1.165) is 27.9 Å². The van der Waals surface area contributed by atoms with E-state index in [-0.39, 0.29) is 28.4 Å². The molecule has 2 heterocycles. The van der Waals surface area contributed by atoms with E-state index in [1.807, 2.05) is 24.3 Å². The summed E-state index contributed by atoms with van der Waals surface area (Å²) in [6.45, 7) is 3.89. The molecule has 240 valence electrons. The van der Waals surface area contributed by atoms with Crippen LogP contribution in [0.1, 0.15) is 12.5 Å². The van der Waals surface area contributed by atoms with Crippen LogP contribution in [0.3, 0.4) is 0 Å². The van der Waals surface area contributed by atoms with E-state index >= 15 is 0 Å². The number of benzene rings is 4. The molecule has 0 saturated carbocycles. The van der Waals surface area contributed by atoms with Gasteiger partial charge in [-0.15, -0.1) is 0 Å². The van der Waals surface area contributed by atoms with Crippen LogP contribution in [0, 0.1) is 5.82 Å². The van der Waals surface area contributed by atoms with Crippen molar-refractivity contribution in [2.75, 3.05) is 48.1 Å². The number of amides is 2. The van der Waals surface area contributed by atoms with Gasteiger partial charge < -0.3 is 20.3 Å². The molecule has 1 aliphatic rings. The Morgan fingerprint density at radius 3 is 2.23 bits per heavy atom. The number of hydrogen-bond donors (Lipinski definition) is 2. The van der Waals surface area contributed by atoms with Crippen LogP contribution >= 0.6 is 0 Å². The zero-order chi connectivity index (χ0) is 33.1. The van der Waals surface area contributed by atoms with E-state index in [9.17, 15) is 22.4 Å². The Kier molecular flexibility index (Phi) is 8.97. The lowest BCUT2D eigenvalue weighted by Crippen LogP contribution is -2.37. The minimum Gasteiger partial charge on any atom is -0.378 e. The number of aromatic nitrogens is 2. The third kappa shape index (κ3) is 7.45. The Balaban J connectivity index is 1.27. The van der Waals surface area contributed by atoms with Gasteiger partial charge in [0.15, 0.2) is 15.7 Å². The number of hydrogen-bond acceptors (Lipinski definition) is 8. The predicted molar refractivity (Wildman–Crippen MR) is 180 cm³/mol. The number of nitrogens with zero attached hydrogens (tertiary/aromatic N) is 3. The largest absolute Gasteiger partial charge is 0.378 e. The summed E-state index contributed by atoms with van der Waals surface area (Å²) in [6.07, 6.45) is 1.17. The third-order valence-corrected chi connectivity index (χ3v) is 8.84. The van der Waals surface area contributed by atoms with Crippen LogP contribution in [0.15, 0.2) is 89.8 Å². The first-order valence-corrected chi connectivity index (χ1v) is 16.8. The van der Waals surface area contributed by atoms with Crippen molar-refractivity contribution in [1.82, 2.24) is 9.97 Å². The van der Waals surface area contributed by atoms with E-state index in [1.54, 1.807) is 48.5 Å². The Hall–Kier alpha value is -5.20. The number of ketones is 1. The lowest BCUT2D eigenvalue weighted by molar-refractivity contribution is -0.116. The fourth-order valence-electron chi connectivity index (χ4n) is 5.38. The van der Waals surface area contributed by atoms with Gasteiger partial charge in [0.25, 0.3) is 0 Å². The normalized spacial score (nSPS) is 13.4. The van der Waals surface area contributed by atoms with Crippen LogP contribution in [-0.4, -0.2) is 62.8 Å². The summed E-state index contributed by atoms with van der Waals surface area (Å²) in [5.41, 5.74) is 4.02. The van der Waals surface area contributed by atoms with Gasteiger partial charge >= 0.3 is 6.03 Å². The van der Waals surface area contributed by atoms with Gasteiger partial charge in [0, 0.05) is 48.1 Å². The molecule has 1 aliphatic heterocycles. The van der Waals surface area contributed by atoms with Crippen molar-refractivity contribution in [3.8, 4) is 22.5 Å². The fourth-order valence-corrected chi connectivity index (χ4v) is 6.04. The Morgan fingerprint density at radius 1 is 0.851 bits per heavy atom. The van der Waals surface area contributed by atoms with E-state index in [1.165, 1.54) is 25.3 Å². The molecule has 6 rings (SSSR count). The van der Waals surface area contributed by atoms with Gasteiger partial charge in [-0.3, -0.25) is 4.79 Å². The molecule has 1 saturated heterocycles. The molecule has 0 bridgehead atoms. The van der Waals surface area contributed by atoms with Gasteiger partial charge in [0.1, 0.15) is 17.4 Å². The van der Waals surface area contributed by atoms with Crippen LogP contribution in [0.2, 0.25) is 0 Å². The topological polar surface area (TPSA) is 131 Å². The molecule has 0 unspecified atom stereocenters. The highest BCUT2D eigenvalue weighted by Crippen LogP contribution is 2.32. The number of morpholine rings is 1. The Morgan fingerprint density at radius 2 is 1.53 bits per heavy atom. The van der Waals surface area contributed by atoms with Crippen molar-refractivity contribution in [2.24, 2.45) is 0 Å². The average molecular weight is 654 g/mol. The van der Waals surface area contributed by atoms with Crippen molar-refractivity contribution >= 4 is 49.7 Å². The monoisotopic (exact) mass is 653 g/mol. The van der Waals surface area contributed by atoms with Crippen molar-refractivity contribution < 1.29 is 27.1 Å². The lowest BCUT2D eigenvalue weighted by Gasteiger charge is -2.29. The number of sulfone groups is 1. The summed E-state index contributed by atoms with van der Waals surface area (Å²) in [7, 11) is -3.37. The molecule has 0 aliphatic carbocycles. The first-order chi connectivity index (χ1) is 22.5. The van der Waals surface area contributed by atoms with Crippen LogP contribution in [0.25, 0.3) is 33.4 Å². The van der Waals surface area contributed by atoms with Gasteiger partial charge in [-0.05, 0) is 84.3 Å². The molecule has 12 heteroatoms. The van der Waals surface area contributed by atoms with Crippen molar-refractivity contribution in [3.05, 3.63) is 96.3 Å². The van der Waals surface area contributed by atoms with Gasteiger partial charge in [-0.2, -0.15) is 0 Å². The van der Waals surface area contributed by atoms with Crippen LogP contribution < -0.4 is 15.5 Å². The zero-order valence-corrected chi connectivity index (χ0v) is 26.6. The standard InChI is InChI=1S/C35H32FN5O5S/c1-22(42)18-26-8-12-28(21-31(26)36)38-35(43)37-27-10-6-23(7-11-27)33-39-32-20-25(24-4-3-5-29(19-24)47(2,44)45)9-13-30(32)34(40-33)41-14-16-46-17-15-41/h3-13,19-21H,14-18H2,1-2H3,(H2,37,38,43). The minimum atomic E-state index is -3.37. The second-order valence-electron chi connectivity index (χ2n) is 11.3. The molecular weight excluding hydrogens is 621 g/mol. The maximum Gasteiger partial charge on any atom is 0.323 e. The number of carbonyl (C=O) groups is 2. The molecule has 5 aromatic rings. The van der Waals surface area contributed by atoms with Gasteiger partial charge in [-0.25, -0.2) is 27.6 Å². The van der Waals surface area contributed by atoms with Gasteiger partial charge in [0.2, 0.25) is 0 Å². The molecule has 2 amide bonds. The number of fused-ring (bicyclic) bond motifs is 1.